The summed E-state index contributed by atoms with van der Waals surface area (Å²) in [6.07, 6.45) is 5.24. The summed E-state index contributed by atoms with van der Waals surface area (Å²) < 4.78 is 5.45. The van der Waals surface area contributed by atoms with E-state index in [-0.39, 0.29) is 29.5 Å². The molecule has 4 aliphatic heterocycles. The maximum absolute atomic E-state index is 12.5. The van der Waals surface area contributed by atoms with Gasteiger partial charge in [-0.05, 0) is 38.6 Å². The monoisotopic (exact) mass is 435 g/mol. The number of ether oxygens (including phenoxy) is 1. The van der Waals surface area contributed by atoms with Gasteiger partial charge in [0.2, 0.25) is 0 Å². The number of hydrogen-bond acceptors (Lipinski definition) is 6. The second kappa shape index (κ2) is 7.13. The molecule has 1 aliphatic carbocycles. The van der Waals surface area contributed by atoms with E-state index in [1.165, 1.54) is 4.90 Å². The van der Waals surface area contributed by atoms with Gasteiger partial charge in [0.25, 0.3) is 5.91 Å². The average Bonchev–Trinajstić information content (AvgIpc) is 3.33. The number of likely N-dealkylation sites (tertiary alicyclic amines) is 1. The van der Waals surface area contributed by atoms with E-state index >= 15 is 0 Å². The van der Waals surface area contributed by atoms with E-state index < -0.39 is 11.6 Å². The van der Waals surface area contributed by atoms with Gasteiger partial charge in [0.05, 0.1) is 12.6 Å². The van der Waals surface area contributed by atoms with Crippen molar-refractivity contribution in [3.05, 3.63) is 10.6 Å². The fourth-order valence-electron chi connectivity index (χ4n) is 5.86. The number of nitrogens with one attached hydrogen (secondary N) is 2. The molecule has 4 unspecified atom stereocenters. The number of rotatable bonds is 5. The molecule has 0 bridgehead atoms. The van der Waals surface area contributed by atoms with Crippen LogP contribution in [-0.2, 0) is 14.3 Å². The Kier molecular flexibility index (Phi) is 4.79. The predicted octanol–water partition coefficient (Wildman–Crippen LogP) is 0.514. The van der Waals surface area contributed by atoms with E-state index in [1.54, 1.807) is 11.8 Å². The van der Waals surface area contributed by atoms with Crippen LogP contribution in [0.5, 0.6) is 0 Å². The average molecular weight is 436 g/mol. The first-order chi connectivity index (χ1) is 14.3. The molecule has 3 saturated heterocycles. The molecular formula is C20H29N5O4S. The highest BCUT2D eigenvalue weighted by molar-refractivity contribution is 8.03. The minimum Gasteiger partial charge on any atom is -0.477 e. The Labute approximate surface area is 179 Å². The summed E-state index contributed by atoms with van der Waals surface area (Å²) in [7, 11) is 0. The molecule has 5 aliphatic rings. The number of carbonyl (C=O) groups is 2. The summed E-state index contributed by atoms with van der Waals surface area (Å²) >= 11 is 1.66. The van der Waals surface area contributed by atoms with Gasteiger partial charge < -0.3 is 20.9 Å². The molecule has 1 spiro atoms. The van der Waals surface area contributed by atoms with Crippen molar-refractivity contribution in [3.8, 4) is 0 Å². The van der Waals surface area contributed by atoms with Gasteiger partial charge in [-0.15, -0.1) is 11.8 Å². The van der Waals surface area contributed by atoms with Crippen molar-refractivity contribution in [2.45, 2.75) is 68.0 Å². The zero-order valence-electron chi connectivity index (χ0n) is 17.1. The summed E-state index contributed by atoms with van der Waals surface area (Å²) in [6.45, 7) is 4.42. The molecule has 4 atom stereocenters. The second-order valence-electron chi connectivity index (χ2n) is 9.19. The van der Waals surface area contributed by atoms with Crippen molar-refractivity contribution in [2.75, 3.05) is 19.7 Å². The Morgan fingerprint density at radius 3 is 2.63 bits per heavy atom. The van der Waals surface area contributed by atoms with Crippen LogP contribution in [0.15, 0.2) is 10.6 Å². The molecule has 1 saturated carbocycles. The van der Waals surface area contributed by atoms with Crippen LogP contribution in [0.3, 0.4) is 0 Å². The summed E-state index contributed by atoms with van der Waals surface area (Å²) in [5.41, 5.74) is 4.89. The van der Waals surface area contributed by atoms with Crippen LogP contribution in [-0.4, -0.2) is 81.4 Å². The lowest BCUT2D eigenvalue weighted by Gasteiger charge is -2.43. The first-order valence-corrected chi connectivity index (χ1v) is 11.7. The lowest BCUT2D eigenvalue weighted by molar-refractivity contribution is -0.158. The first-order valence-electron chi connectivity index (χ1n) is 10.8. The quantitative estimate of drug-likeness (QED) is 0.212. The zero-order valence-corrected chi connectivity index (χ0v) is 17.9. The number of carbonyl (C=O) groups excluding carboxylic acids is 1. The molecular weight excluding hydrogens is 406 g/mol. The second-order valence-corrected chi connectivity index (χ2v) is 10.5. The largest absolute Gasteiger partial charge is 0.477 e. The summed E-state index contributed by atoms with van der Waals surface area (Å²) in [6, 6.07) is 0.688. The van der Waals surface area contributed by atoms with Crippen LogP contribution in [0, 0.1) is 11.3 Å². The van der Waals surface area contributed by atoms with Crippen LogP contribution >= 0.6 is 11.8 Å². The number of aliphatic carboxylic acids is 1. The molecule has 9 nitrogen and oxygen atoms in total. The van der Waals surface area contributed by atoms with Gasteiger partial charge in [-0.3, -0.25) is 20.0 Å². The number of nitrogens with zero attached hydrogens (tertiary/aromatic N) is 2. The molecule has 0 aromatic heterocycles. The van der Waals surface area contributed by atoms with Crippen LogP contribution in [0.1, 0.15) is 39.0 Å². The summed E-state index contributed by atoms with van der Waals surface area (Å²) in [5.74, 6) is -1.15. The number of nitrogens with two attached hydrogens (primary N) is 1. The Hall–Kier alpha value is -1.78. The Balaban J connectivity index is 1.22. The Bertz CT molecular complexity index is 820. The number of hydrogen-bond donors (Lipinski definition) is 4. The van der Waals surface area contributed by atoms with Crippen molar-refractivity contribution in [1.29, 1.82) is 5.41 Å². The maximum atomic E-state index is 12.5. The number of β-lactam (4-membered cyclic amide) rings is 1. The molecule has 164 valence electrons. The van der Waals surface area contributed by atoms with E-state index in [0.717, 1.165) is 50.1 Å². The van der Waals surface area contributed by atoms with Gasteiger partial charge in [-0.25, -0.2) is 4.79 Å². The number of thioether (sulfide) groups is 1. The summed E-state index contributed by atoms with van der Waals surface area (Å²) in [5, 5.41) is 20.6. The summed E-state index contributed by atoms with van der Waals surface area (Å²) in [4.78, 5) is 29.3. The SMILES string of the molecule is CC1C(SC2CCN(C3CCC(NC(=N)N)CC3)C2)=C(C(=O)O)N2C(=O)C3(CO3)C12. The zero-order chi connectivity index (χ0) is 21.2. The van der Waals surface area contributed by atoms with E-state index in [2.05, 4.69) is 10.2 Å². The third-order valence-corrected chi connectivity index (χ3v) is 8.94. The normalized spacial score (nSPS) is 40.5. The number of guanidine groups is 1. The van der Waals surface area contributed by atoms with Gasteiger partial charge >= 0.3 is 5.97 Å². The fourth-order valence-corrected chi connectivity index (χ4v) is 7.34. The highest BCUT2D eigenvalue weighted by Crippen LogP contribution is 2.58. The lowest BCUT2D eigenvalue weighted by atomic mass is 9.82. The minimum atomic E-state index is -1.01. The Morgan fingerprint density at radius 2 is 2.03 bits per heavy atom. The van der Waals surface area contributed by atoms with Crippen molar-refractivity contribution >= 4 is 29.6 Å². The van der Waals surface area contributed by atoms with Crippen molar-refractivity contribution in [3.63, 3.8) is 0 Å². The Morgan fingerprint density at radius 1 is 1.33 bits per heavy atom. The molecule has 5 rings (SSSR count). The van der Waals surface area contributed by atoms with Gasteiger partial charge in [-0.1, -0.05) is 6.92 Å². The van der Waals surface area contributed by atoms with Crippen LogP contribution in [0.4, 0.5) is 0 Å². The number of fused-ring (bicyclic) bond motifs is 2. The smallest absolute Gasteiger partial charge is 0.353 e. The molecule has 30 heavy (non-hydrogen) atoms. The molecule has 4 fully saturated rings. The number of carboxylic acid groups (broad SMARTS) is 1. The number of carboxylic acids is 1. The van der Waals surface area contributed by atoms with E-state index in [4.69, 9.17) is 15.9 Å². The van der Waals surface area contributed by atoms with Crippen molar-refractivity contribution in [1.82, 2.24) is 15.1 Å². The van der Waals surface area contributed by atoms with Crippen LogP contribution in [0.2, 0.25) is 0 Å². The van der Waals surface area contributed by atoms with Crippen molar-refractivity contribution in [2.24, 2.45) is 11.7 Å². The molecule has 10 heteroatoms. The molecule has 0 radical (unpaired) electrons. The fraction of sp³-hybridized carbons (Fsp3) is 0.750. The third kappa shape index (κ3) is 3.03. The highest BCUT2D eigenvalue weighted by atomic mass is 32.2. The molecule has 1 amide bonds. The van der Waals surface area contributed by atoms with E-state index in [9.17, 15) is 14.7 Å². The topological polar surface area (TPSA) is 135 Å². The number of epoxide rings is 1. The van der Waals surface area contributed by atoms with Gasteiger partial charge in [0.15, 0.2) is 11.6 Å². The lowest BCUT2D eigenvalue weighted by Crippen LogP contribution is -2.67. The van der Waals surface area contributed by atoms with Gasteiger partial charge in [0.1, 0.15) is 5.70 Å². The van der Waals surface area contributed by atoms with Crippen molar-refractivity contribution < 1.29 is 19.4 Å². The third-order valence-electron chi connectivity index (χ3n) is 7.40. The minimum absolute atomic E-state index is 0.00319. The number of amides is 1. The predicted molar refractivity (Wildman–Crippen MR) is 112 cm³/mol. The standard InChI is InChI=1S/C20H29N5O4S/c1-10-15(14(17(26)27)25-16(10)20(9-29-20)18(25)28)30-13-6-7-24(8-13)12-4-2-11(3-5-12)23-19(21)22/h10-13,16H,2-9H2,1H3,(H,26,27)(H4,21,22,23). The molecule has 0 aromatic carbocycles. The van der Waals surface area contributed by atoms with E-state index in [0.29, 0.717) is 23.9 Å². The maximum Gasteiger partial charge on any atom is 0.353 e. The van der Waals surface area contributed by atoms with Gasteiger partial charge in [0, 0.05) is 34.7 Å². The first kappa shape index (κ1) is 20.1. The molecule has 4 heterocycles. The highest BCUT2D eigenvalue weighted by Gasteiger charge is 2.76. The van der Waals surface area contributed by atoms with Crippen LogP contribution in [0.25, 0.3) is 0 Å². The van der Waals surface area contributed by atoms with Crippen LogP contribution < -0.4 is 11.1 Å². The molecule has 5 N–H and O–H groups in total. The van der Waals surface area contributed by atoms with Gasteiger partial charge in [-0.2, -0.15) is 0 Å². The van der Waals surface area contributed by atoms with E-state index in [1.807, 2.05) is 6.92 Å². The molecule has 0 aromatic rings.